The number of anilines is 1. The van der Waals surface area contributed by atoms with Gasteiger partial charge in [-0.1, -0.05) is 0 Å². The van der Waals surface area contributed by atoms with Gasteiger partial charge >= 0.3 is 0 Å². The molecule has 2 aromatic carbocycles. The third-order valence-corrected chi connectivity index (χ3v) is 6.82. The van der Waals surface area contributed by atoms with Crippen LogP contribution in [-0.4, -0.2) is 43.6 Å². The molecule has 2 heterocycles. The van der Waals surface area contributed by atoms with Crippen LogP contribution in [-0.2, 0) is 14.8 Å². The van der Waals surface area contributed by atoms with Gasteiger partial charge in [-0.2, -0.15) is 4.31 Å². The van der Waals surface area contributed by atoms with Gasteiger partial charge in [0.2, 0.25) is 10.0 Å². The molecular formula is C19H17FN2O5S. The summed E-state index contributed by atoms with van der Waals surface area (Å²) < 4.78 is 46.2. The summed E-state index contributed by atoms with van der Waals surface area (Å²) in [6, 6.07) is 9.18. The monoisotopic (exact) mass is 404 g/mol. The first-order chi connectivity index (χ1) is 13.4. The SMILES string of the molecule is O=C1Nc2ccc(S(=O)(=O)N3CCC[C@H]3COc3ccc(F)cc3)cc2C1=O. The van der Waals surface area contributed by atoms with Gasteiger partial charge in [0.05, 0.1) is 22.2 Å². The third-order valence-electron chi connectivity index (χ3n) is 4.88. The van der Waals surface area contributed by atoms with Crippen LogP contribution in [0.4, 0.5) is 10.1 Å². The van der Waals surface area contributed by atoms with Crippen molar-refractivity contribution >= 4 is 27.4 Å². The van der Waals surface area contributed by atoms with Crippen LogP contribution in [0.15, 0.2) is 47.4 Å². The van der Waals surface area contributed by atoms with E-state index < -0.39 is 21.7 Å². The van der Waals surface area contributed by atoms with Crippen LogP contribution in [0.1, 0.15) is 23.2 Å². The summed E-state index contributed by atoms with van der Waals surface area (Å²) in [6.07, 6.45) is 1.31. The molecular weight excluding hydrogens is 387 g/mol. The maximum absolute atomic E-state index is 13.1. The molecule has 2 aliphatic heterocycles. The lowest BCUT2D eigenvalue weighted by molar-refractivity contribution is -0.112. The molecule has 0 aromatic heterocycles. The highest BCUT2D eigenvalue weighted by Gasteiger charge is 2.37. The summed E-state index contributed by atoms with van der Waals surface area (Å²) in [4.78, 5) is 23.3. The summed E-state index contributed by atoms with van der Waals surface area (Å²) in [6.45, 7) is 0.469. The fourth-order valence-corrected chi connectivity index (χ4v) is 5.14. The van der Waals surface area contributed by atoms with Crippen LogP contribution in [0, 0.1) is 5.82 Å². The van der Waals surface area contributed by atoms with Gasteiger partial charge in [-0.05, 0) is 55.3 Å². The number of halogens is 1. The zero-order valence-electron chi connectivity index (χ0n) is 14.7. The number of ether oxygens (including phenoxy) is 1. The van der Waals surface area contributed by atoms with Crippen molar-refractivity contribution in [2.24, 2.45) is 0 Å². The van der Waals surface area contributed by atoms with Crippen LogP contribution in [0.2, 0.25) is 0 Å². The van der Waals surface area contributed by atoms with E-state index in [2.05, 4.69) is 5.32 Å². The van der Waals surface area contributed by atoms with Gasteiger partial charge in [0.15, 0.2) is 0 Å². The second-order valence-electron chi connectivity index (χ2n) is 6.67. The van der Waals surface area contributed by atoms with Gasteiger partial charge in [0, 0.05) is 6.54 Å². The molecule has 2 aromatic rings. The number of fused-ring (bicyclic) bond motifs is 1. The minimum atomic E-state index is -3.86. The molecule has 0 saturated carbocycles. The third kappa shape index (κ3) is 3.27. The number of rotatable bonds is 5. The molecule has 146 valence electrons. The number of benzene rings is 2. The van der Waals surface area contributed by atoms with E-state index in [1.807, 2.05) is 0 Å². The molecule has 1 fully saturated rings. The van der Waals surface area contributed by atoms with Crippen LogP contribution in [0.3, 0.4) is 0 Å². The van der Waals surface area contributed by atoms with Crippen molar-refractivity contribution in [3.63, 3.8) is 0 Å². The average molecular weight is 404 g/mol. The van der Waals surface area contributed by atoms with Gasteiger partial charge in [-0.15, -0.1) is 0 Å². The zero-order valence-corrected chi connectivity index (χ0v) is 15.5. The lowest BCUT2D eigenvalue weighted by Crippen LogP contribution is -2.39. The number of sulfonamides is 1. The molecule has 0 bridgehead atoms. The summed E-state index contributed by atoms with van der Waals surface area (Å²) in [7, 11) is -3.86. The maximum atomic E-state index is 13.1. The molecule has 0 radical (unpaired) electrons. The van der Waals surface area contributed by atoms with E-state index >= 15 is 0 Å². The molecule has 1 atom stereocenters. The summed E-state index contributed by atoms with van der Waals surface area (Å²) in [5.41, 5.74) is 0.371. The fourth-order valence-electron chi connectivity index (χ4n) is 3.43. The van der Waals surface area contributed by atoms with Crippen molar-refractivity contribution in [2.45, 2.75) is 23.8 Å². The predicted molar refractivity (Wildman–Crippen MR) is 98.2 cm³/mol. The highest BCUT2D eigenvalue weighted by Crippen LogP contribution is 2.31. The summed E-state index contributed by atoms with van der Waals surface area (Å²) in [5, 5.41) is 2.40. The summed E-state index contributed by atoms with van der Waals surface area (Å²) in [5.74, 6) is -1.43. The van der Waals surface area contributed by atoms with E-state index in [0.717, 1.165) is 0 Å². The van der Waals surface area contributed by atoms with E-state index in [4.69, 9.17) is 4.74 Å². The first kappa shape index (κ1) is 18.6. The predicted octanol–water partition coefficient (Wildman–Crippen LogP) is 2.19. The number of ketones is 1. The molecule has 0 spiro atoms. The molecule has 1 N–H and O–H groups in total. The van der Waals surface area contributed by atoms with E-state index in [-0.39, 0.29) is 28.9 Å². The first-order valence-corrected chi connectivity index (χ1v) is 10.2. The van der Waals surface area contributed by atoms with E-state index in [9.17, 15) is 22.4 Å². The zero-order chi connectivity index (χ0) is 19.9. The Bertz CT molecular complexity index is 1050. The number of amides is 1. The molecule has 1 amide bonds. The van der Waals surface area contributed by atoms with Crippen LogP contribution in [0.5, 0.6) is 5.75 Å². The molecule has 0 aliphatic carbocycles. The van der Waals surface area contributed by atoms with Gasteiger partial charge < -0.3 is 10.1 Å². The second-order valence-corrected chi connectivity index (χ2v) is 8.56. The smallest absolute Gasteiger partial charge is 0.296 e. The lowest BCUT2D eigenvalue weighted by Gasteiger charge is -2.24. The van der Waals surface area contributed by atoms with E-state index in [1.54, 1.807) is 0 Å². The Morgan fingerprint density at radius 1 is 1.14 bits per heavy atom. The van der Waals surface area contributed by atoms with Crippen LogP contribution < -0.4 is 10.1 Å². The van der Waals surface area contributed by atoms with E-state index in [1.165, 1.54) is 46.8 Å². The topological polar surface area (TPSA) is 92.8 Å². The Hall–Kier alpha value is -2.78. The normalized spacial score (nSPS) is 19.5. The number of hydrogen-bond donors (Lipinski definition) is 1. The molecule has 1 saturated heterocycles. The largest absolute Gasteiger partial charge is 0.492 e. The molecule has 9 heteroatoms. The average Bonchev–Trinajstić information content (AvgIpc) is 3.26. The van der Waals surface area contributed by atoms with Crippen molar-refractivity contribution < 1.29 is 27.1 Å². The Labute approximate surface area is 161 Å². The highest BCUT2D eigenvalue weighted by atomic mass is 32.2. The number of nitrogens with one attached hydrogen (secondary N) is 1. The minimum absolute atomic E-state index is 0.0372. The van der Waals surface area contributed by atoms with Crippen molar-refractivity contribution in [1.82, 2.24) is 4.31 Å². The van der Waals surface area contributed by atoms with Gasteiger partial charge in [0.1, 0.15) is 18.2 Å². The lowest BCUT2D eigenvalue weighted by atomic mass is 10.1. The van der Waals surface area contributed by atoms with Crippen molar-refractivity contribution in [1.29, 1.82) is 0 Å². The number of hydrogen-bond acceptors (Lipinski definition) is 5. The number of Topliss-reactive ketones (excluding diaryl/α,β-unsaturated/α-hetero) is 1. The highest BCUT2D eigenvalue weighted by molar-refractivity contribution is 7.89. The maximum Gasteiger partial charge on any atom is 0.296 e. The molecule has 0 unspecified atom stereocenters. The Morgan fingerprint density at radius 3 is 2.64 bits per heavy atom. The molecule has 28 heavy (non-hydrogen) atoms. The number of carbonyl (C=O) groups excluding carboxylic acids is 2. The van der Waals surface area contributed by atoms with Crippen molar-refractivity contribution in [2.75, 3.05) is 18.5 Å². The number of carbonyl (C=O) groups is 2. The van der Waals surface area contributed by atoms with Gasteiger partial charge in [0.25, 0.3) is 11.7 Å². The van der Waals surface area contributed by atoms with Crippen molar-refractivity contribution in [3.8, 4) is 5.75 Å². The quantitative estimate of drug-likeness (QED) is 0.772. The van der Waals surface area contributed by atoms with Crippen molar-refractivity contribution in [3.05, 3.63) is 53.8 Å². The Morgan fingerprint density at radius 2 is 1.89 bits per heavy atom. The molecule has 7 nitrogen and oxygen atoms in total. The number of nitrogens with zero attached hydrogens (tertiary/aromatic N) is 1. The standard InChI is InChI=1S/C19H17FN2O5S/c20-12-3-5-14(6-4-12)27-11-13-2-1-9-22(13)28(25,26)15-7-8-17-16(10-15)18(23)19(24)21-17/h3-8,10,13H,1-2,9,11H2,(H,21,23,24)/t13-/m0/s1. The first-order valence-electron chi connectivity index (χ1n) is 8.76. The molecule has 2 aliphatic rings. The fraction of sp³-hybridized carbons (Fsp3) is 0.263. The Balaban J connectivity index is 1.54. The van der Waals surface area contributed by atoms with Crippen LogP contribution in [0.25, 0.3) is 0 Å². The van der Waals surface area contributed by atoms with Gasteiger partial charge in [-0.25, -0.2) is 12.8 Å². The van der Waals surface area contributed by atoms with Crippen LogP contribution >= 0.6 is 0 Å². The Kier molecular flexibility index (Phi) is 4.64. The minimum Gasteiger partial charge on any atom is -0.492 e. The summed E-state index contributed by atoms with van der Waals surface area (Å²) >= 11 is 0. The molecule has 4 rings (SSSR count). The second kappa shape index (κ2) is 6.99. The van der Waals surface area contributed by atoms with E-state index in [0.29, 0.717) is 30.8 Å². The van der Waals surface area contributed by atoms with Gasteiger partial charge in [-0.3, -0.25) is 9.59 Å².